The predicted molar refractivity (Wildman–Crippen MR) is 97.4 cm³/mol. The third-order valence-corrected chi connectivity index (χ3v) is 3.32. The van der Waals surface area contributed by atoms with E-state index in [0.717, 1.165) is 11.3 Å². The van der Waals surface area contributed by atoms with Crippen molar-refractivity contribution in [2.75, 3.05) is 6.54 Å². The summed E-state index contributed by atoms with van der Waals surface area (Å²) in [6.07, 6.45) is 0. The lowest BCUT2D eigenvalue weighted by molar-refractivity contribution is -0.121. The molecule has 0 aliphatic heterocycles. The van der Waals surface area contributed by atoms with Crippen LogP contribution in [0.15, 0.2) is 54.6 Å². The minimum atomic E-state index is -0.330. The molecule has 2 amide bonds. The molecule has 132 valence electrons. The van der Waals surface area contributed by atoms with E-state index in [1.54, 1.807) is 12.1 Å². The molecule has 0 atom stereocenters. The number of para-hydroxylation sites is 1. The average Bonchev–Trinajstić information content (AvgIpc) is 2.57. The Balaban J connectivity index is 1.97. The van der Waals surface area contributed by atoms with Crippen molar-refractivity contribution >= 4 is 11.8 Å². The summed E-state index contributed by atoms with van der Waals surface area (Å²) in [6.45, 7) is 5.89. The zero-order valence-electron chi connectivity index (χ0n) is 14.8. The highest BCUT2D eigenvalue weighted by Crippen LogP contribution is 2.14. The average molecular weight is 340 g/mol. The third kappa shape index (κ3) is 6.30. The van der Waals surface area contributed by atoms with E-state index in [4.69, 9.17) is 4.74 Å². The molecule has 0 unspecified atom stereocenters. The van der Waals surface area contributed by atoms with E-state index >= 15 is 0 Å². The van der Waals surface area contributed by atoms with Gasteiger partial charge in [-0.15, -0.1) is 0 Å². The molecule has 0 saturated heterocycles. The van der Waals surface area contributed by atoms with E-state index < -0.39 is 0 Å². The standard InChI is InChI=1S/C20H24N2O3/c1-20(2,3)22-18(23)13-21-19(24)17-12-8-7-9-15(17)14-25-16-10-5-4-6-11-16/h4-12H,13-14H2,1-3H3,(H,21,24)(H,22,23). The van der Waals surface area contributed by atoms with Gasteiger partial charge in [-0.2, -0.15) is 0 Å². The van der Waals surface area contributed by atoms with Crippen molar-refractivity contribution in [3.8, 4) is 5.75 Å². The summed E-state index contributed by atoms with van der Waals surface area (Å²) in [7, 11) is 0. The second-order valence-electron chi connectivity index (χ2n) is 6.74. The summed E-state index contributed by atoms with van der Waals surface area (Å²) in [5, 5.41) is 5.46. The van der Waals surface area contributed by atoms with Crippen LogP contribution >= 0.6 is 0 Å². The van der Waals surface area contributed by atoms with Crippen molar-refractivity contribution in [3.05, 3.63) is 65.7 Å². The van der Waals surface area contributed by atoms with Gasteiger partial charge in [-0.1, -0.05) is 36.4 Å². The summed E-state index contributed by atoms with van der Waals surface area (Å²) in [6, 6.07) is 16.6. The van der Waals surface area contributed by atoms with E-state index in [-0.39, 0.29) is 30.5 Å². The second kappa shape index (κ2) is 8.33. The molecular formula is C20H24N2O3. The van der Waals surface area contributed by atoms with Crippen LogP contribution in [0.25, 0.3) is 0 Å². The van der Waals surface area contributed by atoms with Gasteiger partial charge in [-0.25, -0.2) is 0 Å². The van der Waals surface area contributed by atoms with Gasteiger partial charge < -0.3 is 15.4 Å². The van der Waals surface area contributed by atoms with E-state index in [0.29, 0.717) is 5.56 Å². The van der Waals surface area contributed by atoms with E-state index in [1.165, 1.54) is 0 Å². The summed E-state index contributed by atoms with van der Waals surface area (Å²) < 4.78 is 5.72. The van der Waals surface area contributed by atoms with Crippen molar-refractivity contribution < 1.29 is 14.3 Å². The quantitative estimate of drug-likeness (QED) is 0.850. The molecule has 0 fully saturated rings. The number of ether oxygens (including phenoxy) is 1. The van der Waals surface area contributed by atoms with Gasteiger partial charge in [0.1, 0.15) is 12.4 Å². The smallest absolute Gasteiger partial charge is 0.252 e. The third-order valence-electron chi connectivity index (χ3n) is 3.32. The lowest BCUT2D eigenvalue weighted by Gasteiger charge is -2.20. The maximum Gasteiger partial charge on any atom is 0.252 e. The molecule has 0 aliphatic rings. The van der Waals surface area contributed by atoms with Crippen molar-refractivity contribution in [2.45, 2.75) is 32.9 Å². The number of carbonyl (C=O) groups excluding carboxylic acids is 2. The topological polar surface area (TPSA) is 67.4 Å². The Morgan fingerprint density at radius 1 is 0.960 bits per heavy atom. The highest BCUT2D eigenvalue weighted by Gasteiger charge is 2.16. The number of nitrogens with one attached hydrogen (secondary N) is 2. The van der Waals surface area contributed by atoms with Gasteiger partial charge in [0, 0.05) is 16.7 Å². The summed E-state index contributed by atoms with van der Waals surface area (Å²) in [4.78, 5) is 24.2. The molecule has 2 N–H and O–H groups in total. The number of hydrogen-bond donors (Lipinski definition) is 2. The molecule has 2 aromatic rings. The Morgan fingerprint density at radius 2 is 1.60 bits per heavy atom. The minimum Gasteiger partial charge on any atom is -0.489 e. The molecule has 25 heavy (non-hydrogen) atoms. The van der Waals surface area contributed by atoms with Crippen LogP contribution in [0.2, 0.25) is 0 Å². The molecule has 0 aliphatic carbocycles. The fourth-order valence-electron chi connectivity index (χ4n) is 2.26. The van der Waals surface area contributed by atoms with Crippen LogP contribution in [0.1, 0.15) is 36.7 Å². The molecule has 2 aromatic carbocycles. The second-order valence-corrected chi connectivity index (χ2v) is 6.74. The van der Waals surface area contributed by atoms with Crippen molar-refractivity contribution in [3.63, 3.8) is 0 Å². The number of amides is 2. The van der Waals surface area contributed by atoms with Crippen LogP contribution in [-0.2, 0) is 11.4 Å². The normalized spacial score (nSPS) is 10.8. The monoisotopic (exact) mass is 340 g/mol. The van der Waals surface area contributed by atoms with Crippen molar-refractivity contribution in [1.29, 1.82) is 0 Å². The predicted octanol–water partition coefficient (Wildman–Crippen LogP) is 2.91. The van der Waals surface area contributed by atoms with Gasteiger partial charge in [0.2, 0.25) is 5.91 Å². The Bertz CT molecular complexity index is 721. The Morgan fingerprint density at radius 3 is 2.28 bits per heavy atom. The molecule has 5 heteroatoms. The number of rotatable bonds is 6. The van der Waals surface area contributed by atoms with Gasteiger partial charge in [-0.3, -0.25) is 9.59 Å². The molecule has 0 heterocycles. The molecule has 0 bridgehead atoms. The van der Waals surface area contributed by atoms with Crippen molar-refractivity contribution in [1.82, 2.24) is 10.6 Å². The first-order valence-electron chi connectivity index (χ1n) is 8.20. The number of benzene rings is 2. The summed E-state index contributed by atoms with van der Waals surface area (Å²) in [5.74, 6) is 0.220. The lowest BCUT2D eigenvalue weighted by Crippen LogP contribution is -2.45. The fraction of sp³-hybridized carbons (Fsp3) is 0.300. The van der Waals surface area contributed by atoms with Crippen LogP contribution in [0.5, 0.6) is 5.75 Å². The molecular weight excluding hydrogens is 316 g/mol. The van der Waals surface area contributed by atoms with Gasteiger partial charge in [0.05, 0.1) is 6.54 Å². The SMILES string of the molecule is CC(C)(C)NC(=O)CNC(=O)c1ccccc1COc1ccccc1. The molecule has 0 saturated carbocycles. The van der Waals surface area contributed by atoms with Crippen LogP contribution in [0.3, 0.4) is 0 Å². The van der Waals surface area contributed by atoms with E-state index in [9.17, 15) is 9.59 Å². The van der Waals surface area contributed by atoms with Crippen LogP contribution < -0.4 is 15.4 Å². The zero-order chi connectivity index (χ0) is 18.3. The Hall–Kier alpha value is -2.82. The van der Waals surface area contributed by atoms with Crippen LogP contribution in [0.4, 0.5) is 0 Å². The highest BCUT2D eigenvalue weighted by atomic mass is 16.5. The summed E-state index contributed by atoms with van der Waals surface area (Å²) in [5.41, 5.74) is 0.936. The lowest BCUT2D eigenvalue weighted by atomic mass is 10.1. The maximum absolute atomic E-state index is 12.4. The molecule has 2 rings (SSSR count). The highest BCUT2D eigenvalue weighted by molar-refractivity contribution is 5.97. The summed E-state index contributed by atoms with van der Waals surface area (Å²) >= 11 is 0. The minimum absolute atomic E-state index is 0.0655. The Labute approximate surface area is 148 Å². The molecule has 0 spiro atoms. The fourth-order valence-corrected chi connectivity index (χ4v) is 2.26. The van der Waals surface area contributed by atoms with Crippen LogP contribution in [0, 0.1) is 0 Å². The maximum atomic E-state index is 12.4. The first-order valence-corrected chi connectivity index (χ1v) is 8.20. The van der Waals surface area contributed by atoms with Crippen LogP contribution in [-0.4, -0.2) is 23.9 Å². The van der Waals surface area contributed by atoms with Gasteiger partial charge >= 0.3 is 0 Å². The zero-order valence-corrected chi connectivity index (χ0v) is 14.8. The molecule has 5 nitrogen and oxygen atoms in total. The molecule has 0 radical (unpaired) electrons. The largest absolute Gasteiger partial charge is 0.489 e. The first-order chi connectivity index (χ1) is 11.8. The van der Waals surface area contributed by atoms with E-state index in [2.05, 4.69) is 10.6 Å². The van der Waals surface area contributed by atoms with Gasteiger partial charge in [0.15, 0.2) is 0 Å². The first kappa shape index (κ1) is 18.5. The molecule has 0 aromatic heterocycles. The van der Waals surface area contributed by atoms with Gasteiger partial charge in [-0.05, 0) is 39.0 Å². The van der Waals surface area contributed by atoms with Crippen molar-refractivity contribution in [2.24, 2.45) is 0 Å². The van der Waals surface area contributed by atoms with E-state index in [1.807, 2.05) is 63.2 Å². The van der Waals surface area contributed by atoms with Gasteiger partial charge in [0.25, 0.3) is 5.91 Å². The Kier molecular flexibility index (Phi) is 6.17. The number of hydrogen-bond acceptors (Lipinski definition) is 3. The number of carbonyl (C=O) groups is 2.